The highest BCUT2D eigenvalue weighted by Gasteiger charge is 2.52. The van der Waals surface area contributed by atoms with Crippen LogP contribution in [0.15, 0.2) is 28.8 Å². The maximum Gasteiger partial charge on any atom is 0.325 e. The van der Waals surface area contributed by atoms with Gasteiger partial charge in [0, 0.05) is 5.56 Å². The van der Waals surface area contributed by atoms with E-state index in [0.717, 1.165) is 24.2 Å². The van der Waals surface area contributed by atoms with Gasteiger partial charge in [-0.3, -0.25) is 9.69 Å². The number of nitrogens with one attached hydrogen (secondary N) is 1. The zero-order valence-corrected chi connectivity index (χ0v) is 15.4. The van der Waals surface area contributed by atoms with Crippen LogP contribution in [0.3, 0.4) is 0 Å². The molecule has 2 fully saturated rings. The lowest BCUT2D eigenvalue weighted by Gasteiger charge is -2.33. The number of aromatic nitrogens is 2. The third kappa shape index (κ3) is 3.15. The summed E-state index contributed by atoms with van der Waals surface area (Å²) < 4.78 is 10.4. The monoisotopic (exact) mass is 370 g/mol. The zero-order chi connectivity index (χ0) is 19.0. The quantitative estimate of drug-likeness (QED) is 0.831. The molecule has 27 heavy (non-hydrogen) atoms. The van der Waals surface area contributed by atoms with Crippen LogP contribution in [-0.4, -0.2) is 39.6 Å². The summed E-state index contributed by atoms with van der Waals surface area (Å²) in [5.41, 5.74) is -0.0175. The van der Waals surface area contributed by atoms with Crippen LogP contribution in [0, 0.1) is 5.92 Å². The lowest BCUT2D eigenvalue weighted by Crippen LogP contribution is -2.49. The summed E-state index contributed by atoms with van der Waals surface area (Å²) in [5, 5.41) is 6.82. The van der Waals surface area contributed by atoms with E-state index in [9.17, 15) is 9.59 Å². The lowest BCUT2D eigenvalue weighted by atomic mass is 9.77. The lowest BCUT2D eigenvalue weighted by molar-refractivity contribution is -0.133. The number of rotatable bonds is 4. The van der Waals surface area contributed by atoms with Crippen LogP contribution in [0.1, 0.15) is 38.4 Å². The Morgan fingerprint density at radius 1 is 1.26 bits per heavy atom. The van der Waals surface area contributed by atoms with Crippen LogP contribution >= 0.6 is 0 Å². The van der Waals surface area contributed by atoms with Gasteiger partial charge in [-0.2, -0.15) is 4.98 Å². The standard InChI is InChI=1S/C19H22N4O4/c1-12-7-9-19(10-8-12)17(24)23(18(25)21-19)11-15-20-16(27-22-15)13-3-5-14(26-2)6-4-13/h3-6,12H,7-11H2,1-2H3,(H,21,25). The Kier molecular flexibility index (Phi) is 4.33. The van der Waals surface area contributed by atoms with E-state index in [1.165, 1.54) is 4.90 Å². The normalized spacial score (nSPS) is 25.1. The van der Waals surface area contributed by atoms with Crippen molar-refractivity contribution >= 4 is 11.9 Å². The van der Waals surface area contributed by atoms with E-state index in [4.69, 9.17) is 9.26 Å². The van der Waals surface area contributed by atoms with E-state index in [1.54, 1.807) is 19.2 Å². The first-order valence-electron chi connectivity index (χ1n) is 9.12. The highest BCUT2D eigenvalue weighted by atomic mass is 16.5. The van der Waals surface area contributed by atoms with Crippen LogP contribution in [-0.2, 0) is 11.3 Å². The number of hydrogen-bond donors (Lipinski definition) is 1. The van der Waals surface area contributed by atoms with Crippen molar-refractivity contribution in [2.75, 3.05) is 7.11 Å². The summed E-state index contributed by atoms with van der Waals surface area (Å²) in [6, 6.07) is 6.82. The van der Waals surface area contributed by atoms with E-state index in [2.05, 4.69) is 22.4 Å². The molecule has 2 heterocycles. The fraction of sp³-hybridized carbons (Fsp3) is 0.474. The van der Waals surface area contributed by atoms with Crippen molar-refractivity contribution in [1.82, 2.24) is 20.4 Å². The number of nitrogens with zero attached hydrogens (tertiary/aromatic N) is 3. The zero-order valence-electron chi connectivity index (χ0n) is 15.4. The summed E-state index contributed by atoms with van der Waals surface area (Å²) in [7, 11) is 1.59. The number of benzene rings is 1. The van der Waals surface area contributed by atoms with Gasteiger partial charge in [0.15, 0.2) is 5.82 Å². The SMILES string of the molecule is COc1ccc(-c2nc(CN3C(=O)NC4(CCC(C)CC4)C3=O)no2)cc1. The van der Waals surface area contributed by atoms with Gasteiger partial charge in [-0.1, -0.05) is 12.1 Å². The fourth-order valence-electron chi connectivity index (χ4n) is 3.72. The van der Waals surface area contributed by atoms with Gasteiger partial charge >= 0.3 is 6.03 Å². The van der Waals surface area contributed by atoms with Crippen molar-refractivity contribution in [3.05, 3.63) is 30.1 Å². The number of imide groups is 1. The van der Waals surface area contributed by atoms with E-state index in [1.807, 2.05) is 12.1 Å². The molecule has 1 saturated carbocycles. The maximum atomic E-state index is 12.9. The minimum Gasteiger partial charge on any atom is -0.497 e. The van der Waals surface area contributed by atoms with Crippen molar-refractivity contribution in [1.29, 1.82) is 0 Å². The van der Waals surface area contributed by atoms with Gasteiger partial charge in [-0.05, 0) is 55.9 Å². The highest BCUT2D eigenvalue weighted by molar-refractivity contribution is 6.07. The molecule has 4 rings (SSSR count). The van der Waals surface area contributed by atoms with Crippen LogP contribution in [0.2, 0.25) is 0 Å². The van der Waals surface area contributed by atoms with Crippen molar-refractivity contribution in [2.45, 2.75) is 44.7 Å². The Hall–Kier alpha value is -2.90. The number of carbonyl (C=O) groups excluding carboxylic acids is 2. The predicted molar refractivity (Wildman–Crippen MR) is 95.7 cm³/mol. The first-order valence-corrected chi connectivity index (χ1v) is 9.12. The van der Waals surface area contributed by atoms with Gasteiger partial charge in [0.2, 0.25) is 0 Å². The van der Waals surface area contributed by atoms with E-state index in [0.29, 0.717) is 30.5 Å². The molecule has 1 aliphatic carbocycles. The predicted octanol–water partition coefficient (Wildman–Crippen LogP) is 2.75. The molecule has 1 spiro atoms. The third-order valence-electron chi connectivity index (χ3n) is 5.48. The van der Waals surface area contributed by atoms with Gasteiger partial charge in [-0.25, -0.2) is 4.79 Å². The summed E-state index contributed by atoms with van der Waals surface area (Å²) >= 11 is 0. The second kappa shape index (κ2) is 6.68. The van der Waals surface area contributed by atoms with Gasteiger partial charge in [0.05, 0.1) is 13.7 Å². The van der Waals surface area contributed by atoms with E-state index >= 15 is 0 Å². The first-order chi connectivity index (χ1) is 13.0. The molecule has 142 valence electrons. The second-order valence-electron chi connectivity index (χ2n) is 7.33. The highest BCUT2D eigenvalue weighted by Crippen LogP contribution is 2.36. The third-order valence-corrected chi connectivity index (χ3v) is 5.48. The average molecular weight is 370 g/mol. The largest absolute Gasteiger partial charge is 0.497 e. The van der Waals surface area contributed by atoms with Crippen molar-refractivity contribution < 1.29 is 18.8 Å². The van der Waals surface area contributed by atoms with Gasteiger partial charge in [0.25, 0.3) is 11.8 Å². The van der Waals surface area contributed by atoms with E-state index < -0.39 is 5.54 Å². The molecule has 8 nitrogen and oxygen atoms in total. The minimum atomic E-state index is -0.758. The number of carbonyl (C=O) groups is 2. The summed E-state index contributed by atoms with van der Waals surface area (Å²) in [6.07, 6.45) is 3.23. The molecule has 0 unspecified atom stereocenters. The number of methoxy groups -OCH3 is 1. The number of urea groups is 1. The average Bonchev–Trinajstić information content (AvgIpc) is 3.24. The Bertz CT molecular complexity index is 853. The Morgan fingerprint density at radius 2 is 1.96 bits per heavy atom. The van der Waals surface area contributed by atoms with Gasteiger partial charge in [-0.15, -0.1) is 0 Å². The Morgan fingerprint density at radius 3 is 2.63 bits per heavy atom. The van der Waals surface area contributed by atoms with Crippen molar-refractivity contribution in [2.24, 2.45) is 5.92 Å². The fourth-order valence-corrected chi connectivity index (χ4v) is 3.72. The molecule has 8 heteroatoms. The number of ether oxygens (including phenoxy) is 1. The summed E-state index contributed by atoms with van der Waals surface area (Å²) in [6.45, 7) is 2.17. The molecule has 1 aromatic carbocycles. The second-order valence-corrected chi connectivity index (χ2v) is 7.33. The minimum absolute atomic E-state index is 0.00161. The van der Waals surface area contributed by atoms with Crippen molar-refractivity contribution in [3.63, 3.8) is 0 Å². The summed E-state index contributed by atoms with van der Waals surface area (Å²) in [4.78, 5) is 30.8. The topological polar surface area (TPSA) is 97.6 Å². The number of amides is 3. The Balaban J connectivity index is 1.48. The maximum absolute atomic E-state index is 12.9. The van der Waals surface area contributed by atoms with Gasteiger partial charge in [0.1, 0.15) is 11.3 Å². The molecule has 1 aromatic heterocycles. The van der Waals surface area contributed by atoms with Crippen LogP contribution < -0.4 is 10.1 Å². The van der Waals surface area contributed by atoms with E-state index in [-0.39, 0.29) is 18.5 Å². The smallest absolute Gasteiger partial charge is 0.325 e. The van der Waals surface area contributed by atoms with Crippen molar-refractivity contribution in [3.8, 4) is 17.2 Å². The molecule has 0 atom stereocenters. The Labute approximate surface area is 156 Å². The number of hydrogen-bond acceptors (Lipinski definition) is 6. The molecular weight excluding hydrogens is 348 g/mol. The molecule has 3 amide bonds. The molecule has 1 N–H and O–H groups in total. The molecule has 0 radical (unpaired) electrons. The first kappa shape index (κ1) is 17.5. The molecule has 2 aliphatic rings. The van der Waals surface area contributed by atoms with Crippen LogP contribution in [0.5, 0.6) is 5.75 Å². The summed E-state index contributed by atoms with van der Waals surface area (Å²) in [5.74, 6) is 1.75. The van der Waals surface area contributed by atoms with Crippen LogP contribution in [0.25, 0.3) is 11.5 Å². The van der Waals surface area contributed by atoms with Gasteiger partial charge < -0.3 is 14.6 Å². The molecule has 1 saturated heterocycles. The molecule has 0 bridgehead atoms. The molecule has 1 aliphatic heterocycles. The molecule has 2 aromatic rings. The van der Waals surface area contributed by atoms with Crippen LogP contribution in [0.4, 0.5) is 4.79 Å². The molecular formula is C19H22N4O4.